The third kappa shape index (κ3) is 2.99. The second-order valence-corrected chi connectivity index (χ2v) is 6.48. The highest BCUT2D eigenvalue weighted by molar-refractivity contribution is 9.10. The van der Waals surface area contributed by atoms with E-state index in [0.29, 0.717) is 12.0 Å². The van der Waals surface area contributed by atoms with Crippen LogP contribution in [0, 0.1) is 5.82 Å². The molecule has 1 aliphatic carbocycles. The maximum absolute atomic E-state index is 13.2. The lowest BCUT2D eigenvalue weighted by Gasteiger charge is -2.37. The standard InChI is InChI=1S/C16H14BrClFN/c17-15-5-4-12(18)9-16(15)20-14-7-11(8-14)10-2-1-3-13(19)6-10/h1-6,9,11,14,20H,7-8H2. The van der Waals surface area contributed by atoms with Gasteiger partial charge in [-0.25, -0.2) is 4.39 Å². The predicted molar refractivity (Wildman–Crippen MR) is 84.9 cm³/mol. The van der Waals surface area contributed by atoms with E-state index in [4.69, 9.17) is 11.6 Å². The first kappa shape index (κ1) is 13.9. The largest absolute Gasteiger partial charge is 0.381 e. The van der Waals surface area contributed by atoms with Gasteiger partial charge in [-0.15, -0.1) is 0 Å². The fourth-order valence-corrected chi connectivity index (χ4v) is 3.13. The number of rotatable bonds is 3. The molecular weight excluding hydrogens is 341 g/mol. The van der Waals surface area contributed by atoms with Crippen LogP contribution in [0.1, 0.15) is 24.3 Å². The van der Waals surface area contributed by atoms with E-state index in [0.717, 1.165) is 33.6 Å². The molecule has 1 fully saturated rings. The van der Waals surface area contributed by atoms with Crippen molar-refractivity contribution in [3.05, 3.63) is 63.3 Å². The molecule has 4 heteroatoms. The summed E-state index contributed by atoms with van der Waals surface area (Å²) in [4.78, 5) is 0. The predicted octanol–water partition coefficient (Wildman–Crippen LogP) is 5.60. The highest BCUT2D eigenvalue weighted by Crippen LogP contribution is 2.39. The second kappa shape index (κ2) is 5.74. The summed E-state index contributed by atoms with van der Waals surface area (Å²) >= 11 is 9.51. The van der Waals surface area contributed by atoms with E-state index in [2.05, 4.69) is 21.2 Å². The Bertz CT molecular complexity index is 626. The van der Waals surface area contributed by atoms with Crippen LogP contribution in [0.5, 0.6) is 0 Å². The molecule has 2 aromatic rings. The maximum Gasteiger partial charge on any atom is 0.123 e. The molecule has 0 aliphatic heterocycles. The smallest absolute Gasteiger partial charge is 0.123 e. The van der Waals surface area contributed by atoms with Gasteiger partial charge in [-0.05, 0) is 70.6 Å². The third-order valence-electron chi connectivity index (χ3n) is 3.75. The summed E-state index contributed by atoms with van der Waals surface area (Å²) < 4.78 is 14.2. The zero-order chi connectivity index (χ0) is 14.1. The summed E-state index contributed by atoms with van der Waals surface area (Å²) in [5.74, 6) is 0.289. The van der Waals surface area contributed by atoms with E-state index in [-0.39, 0.29) is 5.82 Å². The molecule has 0 bridgehead atoms. The summed E-state index contributed by atoms with van der Waals surface area (Å²) in [6, 6.07) is 13.0. The Morgan fingerprint density at radius 1 is 1.15 bits per heavy atom. The molecule has 0 saturated heterocycles. The maximum atomic E-state index is 13.2. The summed E-state index contributed by atoms with van der Waals surface area (Å²) in [5, 5.41) is 4.20. The highest BCUT2D eigenvalue weighted by Gasteiger charge is 2.30. The van der Waals surface area contributed by atoms with Crippen LogP contribution in [0.15, 0.2) is 46.9 Å². The molecule has 20 heavy (non-hydrogen) atoms. The molecule has 0 radical (unpaired) electrons. The van der Waals surface area contributed by atoms with Gasteiger partial charge in [0.25, 0.3) is 0 Å². The minimum atomic E-state index is -0.156. The Morgan fingerprint density at radius 2 is 1.95 bits per heavy atom. The van der Waals surface area contributed by atoms with E-state index in [1.165, 1.54) is 6.07 Å². The van der Waals surface area contributed by atoms with Crippen molar-refractivity contribution in [2.45, 2.75) is 24.8 Å². The number of anilines is 1. The Kier molecular flexibility index (Phi) is 3.99. The molecule has 1 N–H and O–H groups in total. The molecule has 1 aliphatic rings. The number of halogens is 3. The molecule has 0 heterocycles. The highest BCUT2D eigenvalue weighted by atomic mass is 79.9. The van der Waals surface area contributed by atoms with E-state index >= 15 is 0 Å². The normalized spacial score (nSPS) is 21.4. The van der Waals surface area contributed by atoms with E-state index in [1.807, 2.05) is 24.3 Å². The fraction of sp³-hybridized carbons (Fsp3) is 0.250. The second-order valence-electron chi connectivity index (χ2n) is 5.19. The van der Waals surface area contributed by atoms with Crippen LogP contribution in [0.2, 0.25) is 5.02 Å². The first-order chi connectivity index (χ1) is 9.61. The van der Waals surface area contributed by atoms with Crippen molar-refractivity contribution in [3.63, 3.8) is 0 Å². The zero-order valence-electron chi connectivity index (χ0n) is 10.7. The SMILES string of the molecule is Fc1cccc(C2CC(Nc3cc(Cl)ccc3Br)C2)c1. The number of benzene rings is 2. The van der Waals surface area contributed by atoms with Gasteiger partial charge in [0.15, 0.2) is 0 Å². The number of hydrogen-bond acceptors (Lipinski definition) is 1. The van der Waals surface area contributed by atoms with Crippen LogP contribution in [0.3, 0.4) is 0 Å². The van der Waals surface area contributed by atoms with Crippen molar-refractivity contribution in [1.29, 1.82) is 0 Å². The van der Waals surface area contributed by atoms with Crippen LogP contribution >= 0.6 is 27.5 Å². The van der Waals surface area contributed by atoms with Gasteiger partial charge in [0.05, 0.1) is 5.69 Å². The van der Waals surface area contributed by atoms with Crippen molar-refractivity contribution in [3.8, 4) is 0 Å². The third-order valence-corrected chi connectivity index (χ3v) is 4.67. The molecule has 0 unspecified atom stereocenters. The molecular formula is C16H14BrClFN. The minimum absolute atomic E-state index is 0.156. The summed E-state index contributed by atoms with van der Waals surface area (Å²) in [6.07, 6.45) is 2.03. The Balaban J connectivity index is 1.62. The molecule has 0 amide bonds. The molecule has 0 atom stereocenters. The monoisotopic (exact) mass is 353 g/mol. The van der Waals surface area contributed by atoms with Crippen molar-refractivity contribution < 1.29 is 4.39 Å². The Morgan fingerprint density at radius 3 is 2.70 bits per heavy atom. The van der Waals surface area contributed by atoms with Crippen molar-refractivity contribution >= 4 is 33.2 Å². The van der Waals surface area contributed by atoms with Crippen molar-refractivity contribution in [1.82, 2.24) is 0 Å². The van der Waals surface area contributed by atoms with Gasteiger partial charge in [-0.2, -0.15) is 0 Å². The van der Waals surface area contributed by atoms with Gasteiger partial charge in [-0.3, -0.25) is 0 Å². The molecule has 2 aromatic carbocycles. The van der Waals surface area contributed by atoms with Crippen molar-refractivity contribution in [2.24, 2.45) is 0 Å². The first-order valence-electron chi connectivity index (χ1n) is 6.59. The van der Waals surface area contributed by atoms with Gasteiger partial charge in [0.2, 0.25) is 0 Å². The molecule has 1 nitrogen and oxygen atoms in total. The lowest BCUT2D eigenvalue weighted by molar-refractivity contribution is 0.373. The minimum Gasteiger partial charge on any atom is -0.381 e. The van der Waals surface area contributed by atoms with E-state index in [1.54, 1.807) is 12.1 Å². The molecule has 104 valence electrons. The molecule has 3 rings (SSSR count). The van der Waals surface area contributed by atoms with Crippen molar-refractivity contribution in [2.75, 3.05) is 5.32 Å². The Labute approximate surface area is 131 Å². The van der Waals surface area contributed by atoms with Crippen LogP contribution in [-0.4, -0.2) is 6.04 Å². The van der Waals surface area contributed by atoms with Gasteiger partial charge in [0.1, 0.15) is 5.82 Å². The van der Waals surface area contributed by atoms with Crippen LogP contribution < -0.4 is 5.32 Å². The van der Waals surface area contributed by atoms with Gasteiger partial charge < -0.3 is 5.32 Å². The first-order valence-corrected chi connectivity index (χ1v) is 7.76. The Hall–Kier alpha value is -1.06. The summed E-state index contributed by atoms with van der Waals surface area (Å²) in [7, 11) is 0. The lowest BCUT2D eigenvalue weighted by Crippen LogP contribution is -2.34. The summed E-state index contributed by atoms with van der Waals surface area (Å²) in [6.45, 7) is 0. The van der Waals surface area contributed by atoms with Crippen LogP contribution in [-0.2, 0) is 0 Å². The van der Waals surface area contributed by atoms with Crippen LogP contribution in [0.25, 0.3) is 0 Å². The topological polar surface area (TPSA) is 12.0 Å². The van der Waals surface area contributed by atoms with E-state index < -0.39 is 0 Å². The molecule has 0 aromatic heterocycles. The zero-order valence-corrected chi connectivity index (χ0v) is 13.1. The fourth-order valence-electron chi connectivity index (χ4n) is 2.60. The van der Waals surface area contributed by atoms with Gasteiger partial charge >= 0.3 is 0 Å². The number of nitrogens with one attached hydrogen (secondary N) is 1. The average Bonchev–Trinajstić information content (AvgIpc) is 2.37. The quantitative estimate of drug-likeness (QED) is 0.756. The summed E-state index contributed by atoms with van der Waals surface area (Å²) in [5.41, 5.74) is 2.11. The lowest BCUT2D eigenvalue weighted by atomic mass is 9.76. The number of hydrogen-bond donors (Lipinski definition) is 1. The van der Waals surface area contributed by atoms with E-state index in [9.17, 15) is 4.39 Å². The van der Waals surface area contributed by atoms with Gasteiger partial charge in [0, 0.05) is 15.5 Å². The van der Waals surface area contributed by atoms with Gasteiger partial charge in [-0.1, -0.05) is 23.7 Å². The molecule has 1 saturated carbocycles. The van der Waals surface area contributed by atoms with Crippen LogP contribution in [0.4, 0.5) is 10.1 Å². The molecule has 0 spiro atoms. The average molecular weight is 355 g/mol.